The van der Waals surface area contributed by atoms with E-state index >= 15 is 0 Å². The number of hydrogen-bond acceptors (Lipinski definition) is 3. The average molecular weight is 516 g/mol. The summed E-state index contributed by atoms with van der Waals surface area (Å²) >= 11 is 1.93. The number of H-pyrrole nitrogens is 1. The van der Waals surface area contributed by atoms with E-state index in [2.05, 4.69) is 60.1 Å². The second-order valence-electron chi connectivity index (χ2n) is 7.18. The summed E-state index contributed by atoms with van der Waals surface area (Å²) in [6.45, 7) is 8.52. The van der Waals surface area contributed by atoms with Crippen LogP contribution in [0.1, 0.15) is 30.9 Å². The van der Waals surface area contributed by atoms with Crippen molar-refractivity contribution in [3.63, 3.8) is 0 Å². The van der Waals surface area contributed by atoms with Gasteiger partial charge < -0.3 is 20.4 Å². The van der Waals surface area contributed by atoms with Gasteiger partial charge in [-0.15, -0.1) is 24.0 Å². The van der Waals surface area contributed by atoms with E-state index in [9.17, 15) is 0 Å². The van der Waals surface area contributed by atoms with Crippen LogP contribution in [-0.4, -0.2) is 54.8 Å². The van der Waals surface area contributed by atoms with E-state index in [1.165, 1.54) is 22.0 Å². The second kappa shape index (κ2) is 11.3. The highest BCUT2D eigenvalue weighted by Crippen LogP contribution is 2.34. The van der Waals surface area contributed by atoms with Crippen LogP contribution < -0.4 is 10.6 Å². The number of nitrogens with one attached hydrogen (secondary N) is 3. The SMILES string of the molecule is CCNC(=NCC1(SC)CCOCC1)NCCc1c[nH]c2c(C)cccc12.I. The molecule has 3 rings (SSSR count). The molecule has 1 fully saturated rings. The van der Waals surface area contributed by atoms with Crippen molar-refractivity contribution < 1.29 is 4.74 Å². The van der Waals surface area contributed by atoms with Gasteiger partial charge in [0.1, 0.15) is 0 Å². The van der Waals surface area contributed by atoms with E-state index in [-0.39, 0.29) is 28.7 Å². The lowest BCUT2D eigenvalue weighted by molar-refractivity contribution is 0.0794. The quantitative estimate of drug-likeness (QED) is 0.295. The standard InChI is InChI=1S/C21H32N4OS.HI/c1-4-22-20(25-15-21(27-3)9-12-26-13-10-21)23-11-8-17-14-24-19-16(2)6-5-7-18(17)19;/h5-7,14,24H,4,8-13,15H2,1-3H3,(H2,22,23,25);1H. The molecule has 28 heavy (non-hydrogen) atoms. The molecule has 0 bridgehead atoms. The number of thioether (sulfide) groups is 1. The summed E-state index contributed by atoms with van der Waals surface area (Å²) in [5.41, 5.74) is 3.89. The van der Waals surface area contributed by atoms with Gasteiger partial charge in [-0.25, -0.2) is 0 Å². The third kappa shape index (κ3) is 5.79. The Morgan fingerprint density at radius 1 is 1.29 bits per heavy atom. The second-order valence-corrected chi connectivity index (χ2v) is 8.46. The van der Waals surface area contributed by atoms with Crippen LogP contribution in [0, 0.1) is 6.92 Å². The van der Waals surface area contributed by atoms with Gasteiger partial charge in [0.25, 0.3) is 0 Å². The number of aliphatic imine (C=N–C) groups is 1. The molecule has 1 saturated heterocycles. The van der Waals surface area contributed by atoms with Crippen molar-refractivity contribution in [2.45, 2.75) is 37.9 Å². The monoisotopic (exact) mass is 516 g/mol. The summed E-state index contributed by atoms with van der Waals surface area (Å²) in [6.07, 6.45) is 7.45. The number of fused-ring (bicyclic) bond motifs is 1. The van der Waals surface area contributed by atoms with Crippen molar-refractivity contribution in [1.82, 2.24) is 15.6 Å². The Balaban J connectivity index is 0.00000280. The number of aromatic amines is 1. The van der Waals surface area contributed by atoms with E-state index in [4.69, 9.17) is 9.73 Å². The molecule has 0 spiro atoms. The first-order valence-electron chi connectivity index (χ1n) is 9.88. The molecular weight excluding hydrogens is 483 g/mol. The first-order chi connectivity index (χ1) is 13.2. The third-order valence-corrected chi connectivity index (χ3v) is 6.81. The molecule has 0 saturated carbocycles. The first-order valence-corrected chi connectivity index (χ1v) is 11.1. The summed E-state index contributed by atoms with van der Waals surface area (Å²) in [5, 5.41) is 8.21. The number of benzene rings is 1. The predicted molar refractivity (Wildman–Crippen MR) is 132 cm³/mol. The summed E-state index contributed by atoms with van der Waals surface area (Å²) in [5.74, 6) is 0.911. The number of guanidine groups is 1. The van der Waals surface area contributed by atoms with Gasteiger partial charge in [0.05, 0.1) is 6.54 Å². The van der Waals surface area contributed by atoms with Crippen LogP contribution in [0.2, 0.25) is 0 Å². The van der Waals surface area contributed by atoms with Crippen molar-refractivity contribution in [3.8, 4) is 0 Å². The maximum Gasteiger partial charge on any atom is 0.191 e. The Bertz CT molecular complexity index is 771. The fourth-order valence-corrected chi connectivity index (χ4v) is 4.39. The molecule has 3 N–H and O–H groups in total. The lowest BCUT2D eigenvalue weighted by Gasteiger charge is -2.34. The van der Waals surface area contributed by atoms with E-state index in [0.717, 1.165) is 58.1 Å². The van der Waals surface area contributed by atoms with Crippen LogP contribution in [0.5, 0.6) is 0 Å². The van der Waals surface area contributed by atoms with Crippen LogP contribution in [0.3, 0.4) is 0 Å². The van der Waals surface area contributed by atoms with Crippen molar-refractivity contribution in [3.05, 3.63) is 35.5 Å². The van der Waals surface area contributed by atoms with Crippen molar-refractivity contribution in [1.29, 1.82) is 0 Å². The molecule has 1 aliphatic heterocycles. The maximum absolute atomic E-state index is 5.53. The Kier molecular flexibility index (Phi) is 9.43. The number of ether oxygens (including phenoxy) is 1. The first kappa shape index (κ1) is 23.3. The molecule has 0 amide bonds. The number of rotatable bonds is 7. The minimum atomic E-state index is 0. The third-order valence-electron chi connectivity index (χ3n) is 5.40. The molecule has 0 radical (unpaired) electrons. The maximum atomic E-state index is 5.53. The fraction of sp³-hybridized carbons (Fsp3) is 0.571. The smallest absolute Gasteiger partial charge is 0.191 e. The van der Waals surface area contributed by atoms with Crippen LogP contribution in [0.15, 0.2) is 29.4 Å². The molecule has 2 heterocycles. The summed E-state index contributed by atoms with van der Waals surface area (Å²) in [4.78, 5) is 8.30. The largest absolute Gasteiger partial charge is 0.381 e. The summed E-state index contributed by atoms with van der Waals surface area (Å²) in [6, 6.07) is 6.47. The zero-order chi connectivity index (χ0) is 19.1. The van der Waals surface area contributed by atoms with E-state index in [1.54, 1.807) is 0 Å². The van der Waals surface area contributed by atoms with Crippen molar-refractivity contribution >= 4 is 52.6 Å². The zero-order valence-electron chi connectivity index (χ0n) is 17.1. The summed E-state index contributed by atoms with van der Waals surface area (Å²) < 4.78 is 5.75. The lowest BCUT2D eigenvalue weighted by Crippen LogP contribution is -2.41. The average Bonchev–Trinajstić information content (AvgIpc) is 3.11. The number of aromatic nitrogens is 1. The van der Waals surface area contributed by atoms with Gasteiger partial charge in [-0.2, -0.15) is 11.8 Å². The molecular formula is C21H33IN4OS. The van der Waals surface area contributed by atoms with Gasteiger partial charge in [-0.1, -0.05) is 18.2 Å². The topological polar surface area (TPSA) is 61.4 Å². The minimum absolute atomic E-state index is 0. The van der Waals surface area contributed by atoms with Crippen LogP contribution >= 0.6 is 35.7 Å². The van der Waals surface area contributed by atoms with Gasteiger partial charge in [0.2, 0.25) is 0 Å². The van der Waals surface area contributed by atoms with Gasteiger partial charge in [0, 0.05) is 48.2 Å². The molecule has 1 aromatic heterocycles. The molecule has 156 valence electrons. The van der Waals surface area contributed by atoms with E-state index in [0.29, 0.717) is 0 Å². The van der Waals surface area contributed by atoms with E-state index in [1.807, 2.05) is 11.8 Å². The highest BCUT2D eigenvalue weighted by atomic mass is 127. The van der Waals surface area contributed by atoms with Gasteiger partial charge >= 0.3 is 0 Å². The zero-order valence-corrected chi connectivity index (χ0v) is 20.3. The molecule has 1 aromatic carbocycles. The van der Waals surface area contributed by atoms with Crippen LogP contribution in [0.4, 0.5) is 0 Å². The molecule has 0 atom stereocenters. The predicted octanol–water partition coefficient (Wildman–Crippen LogP) is 4.10. The van der Waals surface area contributed by atoms with Crippen LogP contribution in [0.25, 0.3) is 10.9 Å². The fourth-order valence-electron chi connectivity index (χ4n) is 3.62. The minimum Gasteiger partial charge on any atom is -0.381 e. The molecule has 0 aliphatic carbocycles. The number of aryl methyl sites for hydroxylation is 1. The number of para-hydroxylation sites is 1. The molecule has 5 nitrogen and oxygen atoms in total. The highest BCUT2D eigenvalue weighted by molar-refractivity contribution is 14.0. The van der Waals surface area contributed by atoms with Gasteiger partial charge in [-0.05, 0) is 50.5 Å². The number of nitrogens with zero attached hydrogens (tertiary/aromatic N) is 1. The van der Waals surface area contributed by atoms with Crippen molar-refractivity contribution in [2.24, 2.45) is 4.99 Å². The Labute approximate surface area is 189 Å². The van der Waals surface area contributed by atoms with Gasteiger partial charge in [0.15, 0.2) is 5.96 Å². The molecule has 1 aliphatic rings. The van der Waals surface area contributed by atoms with Crippen molar-refractivity contribution in [2.75, 3.05) is 39.1 Å². The Hall–Kier alpha value is -0.930. The number of hydrogen-bond donors (Lipinski definition) is 3. The lowest BCUT2D eigenvalue weighted by atomic mass is 9.99. The molecule has 7 heteroatoms. The van der Waals surface area contributed by atoms with Crippen LogP contribution in [-0.2, 0) is 11.2 Å². The highest BCUT2D eigenvalue weighted by Gasteiger charge is 2.31. The normalized spacial score (nSPS) is 16.6. The Morgan fingerprint density at radius 2 is 2.07 bits per heavy atom. The Morgan fingerprint density at radius 3 is 2.79 bits per heavy atom. The number of halogens is 1. The van der Waals surface area contributed by atoms with E-state index < -0.39 is 0 Å². The summed E-state index contributed by atoms with van der Waals surface area (Å²) in [7, 11) is 0. The molecule has 2 aromatic rings. The van der Waals surface area contributed by atoms with Gasteiger partial charge in [-0.3, -0.25) is 4.99 Å². The molecule has 0 unspecified atom stereocenters.